The van der Waals surface area contributed by atoms with Crippen LogP contribution in [0.3, 0.4) is 0 Å². The third kappa shape index (κ3) is 3.32. The van der Waals surface area contributed by atoms with Crippen LogP contribution in [0.2, 0.25) is 0 Å². The Balaban J connectivity index is 1.44. The molecule has 0 saturated carbocycles. The molecule has 0 atom stereocenters. The highest BCUT2D eigenvalue weighted by atomic mass is 16.7. The van der Waals surface area contributed by atoms with Gasteiger partial charge in [0.1, 0.15) is 11.5 Å². The van der Waals surface area contributed by atoms with E-state index in [4.69, 9.17) is 14.2 Å². The first-order chi connectivity index (χ1) is 12.7. The van der Waals surface area contributed by atoms with Crippen molar-refractivity contribution in [3.05, 3.63) is 77.9 Å². The van der Waals surface area contributed by atoms with Crippen LogP contribution in [0, 0.1) is 6.92 Å². The van der Waals surface area contributed by atoms with Crippen LogP contribution in [0.1, 0.15) is 15.9 Å². The van der Waals surface area contributed by atoms with Gasteiger partial charge in [-0.3, -0.25) is 4.79 Å². The number of anilines is 1. The van der Waals surface area contributed by atoms with Gasteiger partial charge in [0, 0.05) is 11.3 Å². The zero-order valence-electron chi connectivity index (χ0n) is 14.2. The smallest absolute Gasteiger partial charge is 0.255 e. The minimum absolute atomic E-state index is 0.183. The molecule has 5 nitrogen and oxygen atoms in total. The number of aryl methyl sites for hydroxylation is 1. The summed E-state index contributed by atoms with van der Waals surface area (Å²) in [6.07, 6.45) is 0. The Morgan fingerprint density at radius 2 is 1.73 bits per heavy atom. The molecule has 0 aliphatic carbocycles. The second kappa shape index (κ2) is 6.80. The van der Waals surface area contributed by atoms with E-state index in [0.29, 0.717) is 28.5 Å². The van der Waals surface area contributed by atoms with Crippen molar-refractivity contribution in [1.29, 1.82) is 0 Å². The Morgan fingerprint density at radius 1 is 0.962 bits per heavy atom. The number of benzene rings is 3. The lowest BCUT2D eigenvalue weighted by molar-refractivity contribution is 0.102. The molecule has 130 valence electrons. The summed E-state index contributed by atoms with van der Waals surface area (Å²) in [7, 11) is 0. The maximum atomic E-state index is 12.4. The van der Waals surface area contributed by atoms with Crippen molar-refractivity contribution in [2.75, 3.05) is 12.1 Å². The van der Waals surface area contributed by atoms with Gasteiger partial charge in [-0.15, -0.1) is 0 Å². The third-order valence-electron chi connectivity index (χ3n) is 4.07. The zero-order valence-corrected chi connectivity index (χ0v) is 14.2. The van der Waals surface area contributed by atoms with Crippen LogP contribution in [0.15, 0.2) is 66.7 Å². The number of nitrogens with one attached hydrogen (secondary N) is 1. The van der Waals surface area contributed by atoms with E-state index in [1.165, 1.54) is 0 Å². The molecule has 1 heterocycles. The molecule has 0 unspecified atom stereocenters. The van der Waals surface area contributed by atoms with E-state index < -0.39 is 0 Å². The molecule has 0 radical (unpaired) electrons. The minimum Gasteiger partial charge on any atom is -0.457 e. The first-order valence-corrected chi connectivity index (χ1v) is 8.23. The van der Waals surface area contributed by atoms with Crippen LogP contribution >= 0.6 is 0 Å². The van der Waals surface area contributed by atoms with Crippen molar-refractivity contribution < 1.29 is 19.0 Å². The van der Waals surface area contributed by atoms with E-state index in [-0.39, 0.29) is 12.7 Å². The summed E-state index contributed by atoms with van der Waals surface area (Å²) in [6.45, 7) is 2.18. The average molecular weight is 347 g/mol. The van der Waals surface area contributed by atoms with Crippen molar-refractivity contribution in [3.8, 4) is 23.0 Å². The summed E-state index contributed by atoms with van der Waals surface area (Å²) in [5.74, 6) is 2.54. The molecular formula is C21H17NO4. The number of rotatable bonds is 4. The predicted molar refractivity (Wildman–Crippen MR) is 98.2 cm³/mol. The van der Waals surface area contributed by atoms with Crippen molar-refractivity contribution >= 4 is 11.6 Å². The number of amides is 1. The van der Waals surface area contributed by atoms with Gasteiger partial charge in [-0.1, -0.05) is 18.2 Å². The number of ether oxygens (including phenoxy) is 3. The molecule has 4 rings (SSSR count). The van der Waals surface area contributed by atoms with E-state index in [9.17, 15) is 4.79 Å². The molecule has 0 fully saturated rings. The Kier molecular flexibility index (Phi) is 4.19. The monoisotopic (exact) mass is 347 g/mol. The highest BCUT2D eigenvalue weighted by Gasteiger charge is 2.16. The molecule has 0 aromatic heterocycles. The fourth-order valence-electron chi connectivity index (χ4n) is 2.65. The molecule has 1 aliphatic rings. The van der Waals surface area contributed by atoms with Crippen LogP contribution in [0.4, 0.5) is 5.69 Å². The van der Waals surface area contributed by atoms with Gasteiger partial charge in [-0.05, 0) is 61.0 Å². The lowest BCUT2D eigenvalue weighted by Crippen LogP contribution is -2.11. The average Bonchev–Trinajstić information content (AvgIpc) is 3.13. The van der Waals surface area contributed by atoms with E-state index in [1.807, 2.05) is 43.3 Å². The first-order valence-electron chi connectivity index (χ1n) is 8.23. The van der Waals surface area contributed by atoms with Crippen LogP contribution < -0.4 is 19.5 Å². The van der Waals surface area contributed by atoms with E-state index in [0.717, 1.165) is 11.3 Å². The quantitative estimate of drug-likeness (QED) is 0.739. The Bertz CT molecular complexity index is 950. The lowest BCUT2D eigenvalue weighted by Gasteiger charge is -2.10. The lowest BCUT2D eigenvalue weighted by atomic mass is 10.2. The van der Waals surface area contributed by atoms with Gasteiger partial charge in [0.05, 0.1) is 0 Å². The molecule has 1 amide bonds. The third-order valence-corrected chi connectivity index (χ3v) is 4.07. The van der Waals surface area contributed by atoms with Gasteiger partial charge in [0.25, 0.3) is 5.91 Å². The van der Waals surface area contributed by atoms with Crippen LogP contribution in [0.5, 0.6) is 23.0 Å². The molecule has 1 N–H and O–H groups in total. The highest BCUT2D eigenvalue weighted by molar-refractivity contribution is 6.04. The van der Waals surface area contributed by atoms with Crippen molar-refractivity contribution in [2.45, 2.75) is 6.92 Å². The number of carbonyl (C=O) groups is 1. The molecule has 0 bridgehead atoms. The zero-order chi connectivity index (χ0) is 17.9. The fourth-order valence-corrected chi connectivity index (χ4v) is 2.65. The Morgan fingerprint density at radius 3 is 2.54 bits per heavy atom. The number of para-hydroxylation sites is 1. The molecule has 3 aromatic carbocycles. The second-order valence-electron chi connectivity index (χ2n) is 5.91. The summed E-state index contributed by atoms with van der Waals surface area (Å²) in [5.41, 5.74) is 2.26. The molecule has 0 spiro atoms. The van der Waals surface area contributed by atoms with Gasteiger partial charge in [0.15, 0.2) is 11.5 Å². The standard InChI is InChI=1S/C21H17NO4/c1-14-4-2-3-5-18(14)26-17-9-7-16(8-10-17)22-21(23)15-6-11-19-20(12-15)25-13-24-19/h2-12H,13H2,1H3,(H,22,23). The van der Waals surface area contributed by atoms with Crippen LogP contribution in [-0.2, 0) is 0 Å². The fraction of sp³-hybridized carbons (Fsp3) is 0.0952. The Labute approximate surface area is 151 Å². The van der Waals surface area contributed by atoms with Crippen LogP contribution in [-0.4, -0.2) is 12.7 Å². The topological polar surface area (TPSA) is 56.8 Å². The second-order valence-corrected chi connectivity index (χ2v) is 5.91. The maximum absolute atomic E-state index is 12.4. The van der Waals surface area contributed by atoms with Crippen molar-refractivity contribution in [3.63, 3.8) is 0 Å². The van der Waals surface area contributed by atoms with Gasteiger partial charge < -0.3 is 19.5 Å². The first kappa shape index (κ1) is 16.0. The predicted octanol–water partition coefficient (Wildman–Crippen LogP) is 4.77. The SMILES string of the molecule is Cc1ccccc1Oc1ccc(NC(=O)c2ccc3c(c2)OCO3)cc1. The number of hydrogen-bond acceptors (Lipinski definition) is 4. The normalized spacial score (nSPS) is 11.9. The van der Waals surface area contributed by atoms with E-state index in [1.54, 1.807) is 30.3 Å². The Hall–Kier alpha value is -3.47. The number of carbonyl (C=O) groups excluding carboxylic acids is 1. The van der Waals surface area contributed by atoms with Crippen LogP contribution in [0.25, 0.3) is 0 Å². The van der Waals surface area contributed by atoms with Crippen molar-refractivity contribution in [2.24, 2.45) is 0 Å². The summed E-state index contributed by atoms with van der Waals surface area (Å²) < 4.78 is 16.4. The molecule has 3 aromatic rings. The van der Waals surface area contributed by atoms with Gasteiger partial charge >= 0.3 is 0 Å². The van der Waals surface area contributed by atoms with Gasteiger partial charge in [0.2, 0.25) is 6.79 Å². The maximum Gasteiger partial charge on any atom is 0.255 e. The molecule has 1 aliphatic heterocycles. The highest BCUT2D eigenvalue weighted by Crippen LogP contribution is 2.32. The summed E-state index contributed by atoms with van der Waals surface area (Å²) in [5, 5.41) is 2.86. The van der Waals surface area contributed by atoms with E-state index >= 15 is 0 Å². The molecule has 26 heavy (non-hydrogen) atoms. The largest absolute Gasteiger partial charge is 0.457 e. The minimum atomic E-state index is -0.212. The summed E-state index contributed by atoms with van der Waals surface area (Å²) >= 11 is 0. The summed E-state index contributed by atoms with van der Waals surface area (Å²) in [4.78, 5) is 12.4. The van der Waals surface area contributed by atoms with E-state index in [2.05, 4.69) is 5.32 Å². The number of hydrogen-bond donors (Lipinski definition) is 1. The molecular weight excluding hydrogens is 330 g/mol. The van der Waals surface area contributed by atoms with Gasteiger partial charge in [-0.2, -0.15) is 0 Å². The van der Waals surface area contributed by atoms with Gasteiger partial charge in [-0.25, -0.2) is 0 Å². The molecule has 5 heteroatoms. The van der Waals surface area contributed by atoms with Crippen molar-refractivity contribution in [1.82, 2.24) is 0 Å². The summed E-state index contributed by atoms with van der Waals surface area (Å²) in [6, 6.07) is 20.2. The number of fused-ring (bicyclic) bond motifs is 1. The molecule has 0 saturated heterocycles.